The minimum absolute atomic E-state index is 0.230. The molecule has 1 atom stereocenters. The fourth-order valence-corrected chi connectivity index (χ4v) is 2.31. The van der Waals surface area contributed by atoms with E-state index in [4.69, 9.17) is 27.9 Å². The van der Waals surface area contributed by atoms with Crippen molar-refractivity contribution in [2.24, 2.45) is 0 Å². The third-order valence-corrected chi connectivity index (χ3v) is 2.83. The first kappa shape index (κ1) is 11.2. The molecular formula is C11H13Cl2NO. The summed E-state index contributed by atoms with van der Waals surface area (Å²) in [5.74, 6) is 0. The van der Waals surface area contributed by atoms with Crippen molar-refractivity contribution in [2.45, 2.75) is 12.5 Å². The highest BCUT2D eigenvalue weighted by molar-refractivity contribution is 6.34. The topological polar surface area (TPSA) is 21.3 Å². The third-order valence-electron chi connectivity index (χ3n) is 2.39. The highest BCUT2D eigenvalue weighted by Crippen LogP contribution is 2.20. The van der Waals surface area contributed by atoms with Gasteiger partial charge in [0, 0.05) is 23.1 Å². The SMILES string of the molecule is Clc1cc(Cl)cc(CC2CNCCO2)c1. The van der Waals surface area contributed by atoms with Gasteiger partial charge in [-0.15, -0.1) is 0 Å². The van der Waals surface area contributed by atoms with Gasteiger partial charge >= 0.3 is 0 Å². The van der Waals surface area contributed by atoms with Gasteiger partial charge in [-0.1, -0.05) is 23.2 Å². The minimum Gasteiger partial charge on any atom is -0.375 e. The van der Waals surface area contributed by atoms with E-state index in [1.165, 1.54) is 0 Å². The maximum atomic E-state index is 5.93. The molecule has 0 spiro atoms. The molecule has 0 amide bonds. The highest BCUT2D eigenvalue weighted by atomic mass is 35.5. The molecule has 1 heterocycles. The van der Waals surface area contributed by atoms with E-state index in [2.05, 4.69) is 5.32 Å². The smallest absolute Gasteiger partial charge is 0.0740 e. The lowest BCUT2D eigenvalue weighted by molar-refractivity contribution is 0.0292. The fraction of sp³-hybridized carbons (Fsp3) is 0.455. The Morgan fingerprint density at radius 3 is 2.60 bits per heavy atom. The average Bonchev–Trinajstić information content (AvgIpc) is 2.17. The van der Waals surface area contributed by atoms with Gasteiger partial charge in [0.15, 0.2) is 0 Å². The van der Waals surface area contributed by atoms with E-state index in [0.29, 0.717) is 10.0 Å². The molecule has 0 radical (unpaired) electrons. The Morgan fingerprint density at radius 1 is 1.27 bits per heavy atom. The van der Waals surface area contributed by atoms with Crippen LogP contribution >= 0.6 is 23.2 Å². The molecular weight excluding hydrogens is 233 g/mol. The van der Waals surface area contributed by atoms with Gasteiger partial charge in [0.25, 0.3) is 0 Å². The Kier molecular flexibility index (Phi) is 3.87. The number of ether oxygens (including phenoxy) is 1. The first-order chi connectivity index (χ1) is 7.24. The first-order valence-corrected chi connectivity index (χ1v) is 5.77. The Morgan fingerprint density at radius 2 is 2.00 bits per heavy atom. The van der Waals surface area contributed by atoms with Crippen LogP contribution in [0.25, 0.3) is 0 Å². The van der Waals surface area contributed by atoms with E-state index >= 15 is 0 Å². The quantitative estimate of drug-likeness (QED) is 0.865. The van der Waals surface area contributed by atoms with Crippen molar-refractivity contribution < 1.29 is 4.74 Å². The molecule has 1 N–H and O–H groups in total. The summed E-state index contributed by atoms with van der Waals surface area (Å²) >= 11 is 11.9. The molecule has 0 bridgehead atoms. The van der Waals surface area contributed by atoms with Crippen LogP contribution in [0.4, 0.5) is 0 Å². The zero-order valence-corrected chi connectivity index (χ0v) is 9.81. The summed E-state index contributed by atoms with van der Waals surface area (Å²) in [4.78, 5) is 0. The molecule has 15 heavy (non-hydrogen) atoms. The summed E-state index contributed by atoms with van der Waals surface area (Å²) in [5.41, 5.74) is 1.13. The zero-order valence-electron chi connectivity index (χ0n) is 8.30. The molecule has 1 aliphatic heterocycles. The van der Waals surface area contributed by atoms with Gasteiger partial charge in [0.2, 0.25) is 0 Å². The van der Waals surface area contributed by atoms with Crippen LogP contribution in [0.1, 0.15) is 5.56 Å². The second-order valence-electron chi connectivity index (χ2n) is 3.68. The Balaban J connectivity index is 2.02. The lowest BCUT2D eigenvalue weighted by Crippen LogP contribution is -2.39. The maximum Gasteiger partial charge on any atom is 0.0740 e. The number of hydrogen-bond acceptors (Lipinski definition) is 2. The molecule has 2 nitrogen and oxygen atoms in total. The van der Waals surface area contributed by atoms with Crippen molar-refractivity contribution in [3.63, 3.8) is 0 Å². The van der Waals surface area contributed by atoms with Crippen molar-refractivity contribution in [2.75, 3.05) is 19.7 Å². The largest absolute Gasteiger partial charge is 0.375 e. The van der Waals surface area contributed by atoms with Gasteiger partial charge in [0.1, 0.15) is 0 Å². The molecule has 0 aliphatic carbocycles. The Labute approximate surface area is 99.5 Å². The van der Waals surface area contributed by atoms with Crippen LogP contribution in [0.3, 0.4) is 0 Å². The van der Waals surface area contributed by atoms with E-state index < -0.39 is 0 Å². The van der Waals surface area contributed by atoms with Crippen LogP contribution in [0.5, 0.6) is 0 Å². The lowest BCUT2D eigenvalue weighted by Gasteiger charge is -2.23. The predicted molar refractivity (Wildman–Crippen MR) is 62.8 cm³/mol. The van der Waals surface area contributed by atoms with Crippen molar-refractivity contribution in [3.05, 3.63) is 33.8 Å². The summed E-state index contributed by atoms with van der Waals surface area (Å²) in [6, 6.07) is 5.61. The molecule has 82 valence electrons. The third kappa shape index (κ3) is 3.35. The van der Waals surface area contributed by atoms with Gasteiger partial charge in [-0.2, -0.15) is 0 Å². The number of hydrogen-bond donors (Lipinski definition) is 1. The predicted octanol–water partition coefficient (Wildman–Crippen LogP) is 2.52. The first-order valence-electron chi connectivity index (χ1n) is 5.01. The van der Waals surface area contributed by atoms with Gasteiger partial charge in [-0.25, -0.2) is 0 Å². The summed E-state index contributed by atoms with van der Waals surface area (Å²) < 4.78 is 5.61. The standard InChI is InChI=1S/C11H13Cl2NO/c12-9-3-8(4-10(13)6-9)5-11-7-14-1-2-15-11/h3-4,6,11,14H,1-2,5,7H2. The summed E-state index contributed by atoms with van der Waals surface area (Å²) in [5, 5.41) is 4.66. The number of halogens is 2. The summed E-state index contributed by atoms with van der Waals surface area (Å²) in [7, 11) is 0. The average molecular weight is 246 g/mol. The van der Waals surface area contributed by atoms with E-state index in [1.54, 1.807) is 6.07 Å². The van der Waals surface area contributed by atoms with Crippen LogP contribution < -0.4 is 5.32 Å². The van der Waals surface area contributed by atoms with Crippen molar-refractivity contribution in [1.82, 2.24) is 5.32 Å². The van der Waals surface area contributed by atoms with Crippen LogP contribution in [0, 0.1) is 0 Å². The summed E-state index contributed by atoms with van der Waals surface area (Å²) in [6.45, 7) is 2.61. The number of nitrogens with one attached hydrogen (secondary N) is 1. The summed E-state index contributed by atoms with van der Waals surface area (Å²) in [6.07, 6.45) is 1.08. The minimum atomic E-state index is 0.230. The fourth-order valence-electron chi connectivity index (χ4n) is 1.74. The van der Waals surface area contributed by atoms with Crippen LogP contribution in [-0.2, 0) is 11.2 Å². The molecule has 1 aliphatic rings. The molecule has 4 heteroatoms. The van der Waals surface area contributed by atoms with Gasteiger partial charge in [-0.05, 0) is 30.2 Å². The molecule has 1 unspecified atom stereocenters. The molecule has 0 saturated carbocycles. The molecule has 1 aromatic rings. The number of rotatable bonds is 2. The van der Waals surface area contributed by atoms with E-state index in [0.717, 1.165) is 31.7 Å². The monoisotopic (exact) mass is 245 g/mol. The number of benzene rings is 1. The molecule has 1 saturated heterocycles. The normalized spacial score (nSPS) is 21.6. The van der Waals surface area contributed by atoms with Crippen molar-refractivity contribution in [3.8, 4) is 0 Å². The Hall–Kier alpha value is -0.280. The highest BCUT2D eigenvalue weighted by Gasteiger charge is 2.14. The van der Waals surface area contributed by atoms with E-state index in [-0.39, 0.29) is 6.10 Å². The number of morpholine rings is 1. The molecule has 0 aromatic heterocycles. The second kappa shape index (κ2) is 5.17. The molecule has 1 aromatic carbocycles. The van der Waals surface area contributed by atoms with Crippen LogP contribution in [-0.4, -0.2) is 25.8 Å². The second-order valence-corrected chi connectivity index (χ2v) is 4.55. The van der Waals surface area contributed by atoms with Gasteiger partial charge in [-0.3, -0.25) is 0 Å². The Bertz CT molecular complexity index is 317. The lowest BCUT2D eigenvalue weighted by atomic mass is 10.1. The van der Waals surface area contributed by atoms with Crippen LogP contribution in [0.2, 0.25) is 10.0 Å². The van der Waals surface area contributed by atoms with Crippen molar-refractivity contribution >= 4 is 23.2 Å². The molecule has 2 rings (SSSR count). The van der Waals surface area contributed by atoms with E-state index in [1.807, 2.05) is 12.1 Å². The molecule has 1 fully saturated rings. The van der Waals surface area contributed by atoms with Gasteiger partial charge in [0.05, 0.1) is 12.7 Å². The zero-order chi connectivity index (χ0) is 10.7. The van der Waals surface area contributed by atoms with E-state index in [9.17, 15) is 0 Å². The van der Waals surface area contributed by atoms with Gasteiger partial charge < -0.3 is 10.1 Å². The van der Waals surface area contributed by atoms with Crippen LogP contribution in [0.15, 0.2) is 18.2 Å². The van der Waals surface area contributed by atoms with Crippen molar-refractivity contribution in [1.29, 1.82) is 0 Å². The maximum absolute atomic E-state index is 5.93.